The van der Waals surface area contributed by atoms with Crippen LogP contribution in [0.4, 0.5) is 5.69 Å². The molecule has 2 heterocycles. The molecule has 24 heavy (non-hydrogen) atoms. The van der Waals surface area contributed by atoms with Crippen molar-refractivity contribution in [3.8, 4) is 0 Å². The van der Waals surface area contributed by atoms with Gasteiger partial charge in [0.25, 0.3) is 0 Å². The van der Waals surface area contributed by atoms with E-state index in [1.165, 1.54) is 18.4 Å². The molecule has 4 heteroatoms. The number of anilines is 1. The van der Waals surface area contributed by atoms with Crippen molar-refractivity contribution < 1.29 is 4.79 Å². The molecule has 1 saturated carbocycles. The lowest BCUT2D eigenvalue weighted by Gasteiger charge is -2.21. The zero-order chi connectivity index (χ0) is 16.5. The molecule has 1 atom stereocenters. The maximum absolute atomic E-state index is 12.6. The number of hydrogen-bond donors (Lipinski definition) is 1. The summed E-state index contributed by atoms with van der Waals surface area (Å²) in [6, 6.07) is 8.67. The number of carbonyl (C=O) groups is 1. The lowest BCUT2D eigenvalue weighted by Crippen LogP contribution is -2.35. The van der Waals surface area contributed by atoms with Crippen LogP contribution in [0.3, 0.4) is 0 Å². The summed E-state index contributed by atoms with van der Waals surface area (Å²) in [5.74, 6) is 0.667. The molecular formula is C20H25N3O. The molecule has 1 N–H and O–H groups in total. The fourth-order valence-electron chi connectivity index (χ4n) is 4.18. The second kappa shape index (κ2) is 6.42. The number of aromatic nitrogens is 1. The first-order valence-electron chi connectivity index (χ1n) is 9.12. The van der Waals surface area contributed by atoms with Crippen molar-refractivity contribution in [3.05, 3.63) is 36.0 Å². The monoisotopic (exact) mass is 323 g/mol. The van der Waals surface area contributed by atoms with Gasteiger partial charge in [-0.05, 0) is 37.8 Å². The van der Waals surface area contributed by atoms with Gasteiger partial charge in [-0.15, -0.1) is 0 Å². The number of amides is 1. The van der Waals surface area contributed by atoms with Crippen molar-refractivity contribution in [2.24, 2.45) is 5.92 Å². The zero-order valence-electron chi connectivity index (χ0n) is 14.3. The van der Waals surface area contributed by atoms with Crippen LogP contribution in [-0.2, 0) is 4.79 Å². The van der Waals surface area contributed by atoms with Gasteiger partial charge < -0.3 is 10.2 Å². The number of para-hydroxylation sites is 1. The minimum atomic E-state index is 0.285. The predicted octanol–water partition coefficient (Wildman–Crippen LogP) is 3.75. The Morgan fingerprint density at radius 1 is 1.21 bits per heavy atom. The highest BCUT2D eigenvalue weighted by molar-refractivity contribution is 5.93. The van der Waals surface area contributed by atoms with Crippen molar-refractivity contribution in [2.45, 2.75) is 45.1 Å². The maximum Gasteiger partial charge on any atom is 0.225 e. The molecule has 4 nitrogen and oxygen atoms in total. The van der Waals surface area contributed by atoms with Crippen LogP contribution in [0.2, 0.25) is 0 Å². The third-order valence-electron chi connectivity index (χ3n) is 5.54. The van der Waals surface area contributed by atoms with Crippen LogP contribution in [-0.4, -0.2) is 34.9 Å². The predicted molar refractivity (Wildman–Crippen MR) is 97.0 cm³/mol. The second-order valence-corrected chi connectivity index (χ2v) is 7.23. The summed E-state index contributed by atoms with van der Waals surface area (Å²) in [5.41, 5.74) is 3.38. The summed E-state index contributed by atoms with van der Waals surface area (Å²) in [4.78, 5) is 19.2. The van der Waals surface area contributed by atoms with E-state index in [4.69, 9.17) is 0 Å². The van der Waals surface area contributed by atoms with Crippen LogP contribution in [0.5, 0.6) is 0 Å². The van der Waals surface area contributed by atoms with Gasteiger partial charge in [0.1, 0.15) is 0 Å². The van der Waals surface area contributed by atoms with Crippen molar-refractivity contribution >= 4 is 22.5 Å². The first-order chi connectivity index (χ1) is 11.7. The molecule has 0 radical (unpaired) electrons. The minimum absolute atomic E-state index is 0.285. The quantitative estimate of drug-likeness (QED) is 0.936. The standard InChI is InChI=1S/C20H25N3O/c1-14-5-4-8-17-18(9-11-21-19(14)17)22-16-10-12-23(13-16)20(24)15-6-2-3-7-15/h4-5,8-9,11,15-16H,2-3,6-7,10,12-13H2,1H3,(H,21,22). The lowest BCUT2D eigenvalue weighted by molar-refractivity contribution is -0.134. The smallest absolute Gasteiger partial charge is 0.225 e. The van der Waals surface area contributed by atoms with E-state index >= 15 is 0 Å². The minimum Gasteiger partial charge on any atom is -0.380 e. The first-order valence-corrected chi connectivity index (χ1v) is 9.12. The second-order valence-electron chi connectivity index (χ2n) is 7.23. The van der Waals surface area contributed by atoms with Crippen LogP contribution in [0.15, 0.2) is 30.5 Å². The normalized spacial score (nSPS) is 21.5. The van der Waals surface area contributed by atoms with E-state index in [9.17, 15) is 4.79 Å². The van der Waals surface area contributed by atoms with Gasteiger partial charge in [0.15, 0.2) is 0 Å². The number of benzene rings is 1. The van der Waals surface area contributed by atoms with E-state index in [2.05, 4.69) is 40.3 Å². The fourth-order valence-corrected chi connectivity index (χ4v) is 4.18. The van der Waals surface area contributed by atoms with Crippen molar-refractivity contribution in [1.29, 1.82) is 0 Å². The Hall–Kier alpha value is -2.10. The first kappa shape index (κ1) is 15.4. The zero-order valence-corrected chi connectivity index (χ0v) is 14.3. The van der Waals surface area contributed by atoms with E-state index < -0.39 is 0 Å². The number of nitrogens with zero attached hydrogens (tertiary/aromatic N) is 2. The number of nitrogens with one attached hydrogen (secondary N) is 1. The maximum atomic E-state index is 12.6. The van der Waals surface area contributed by atoms with Gasteiger partial charge in [-0.25, -0.2) is 0 Å². The molecular weight excluding hydrogens is 298 g/mol. The third kappa shape index (κ3) is 2.85. The Bertz CT molecular complexity index is 752. The van der Waals surface area contributed by atoms with Gasteiger partial charge in [0.2, 0.25) is 5.91 Å². The Morgan fingerprint density at radius 2 is 2.04 bits per heavy atom. The number of likely N-dealkylation sites (tertiary alicyclic amines) is 1. The number of rotatable bonds is 3. The van der Waals surface area contributed by atoms with Gasteiger partial charge in [0.05, 0.1) is 5.52 Å². The lowest BCUT2D eigenvalue weighted by atomic mass is 10.1. The van der Waals surface area contributed by atoms with Crippen molar-refractivity contribution in [1.82, 2.24) is 9.88 Å². The van der Waals surface area contributed by atoms with Gasteiger partial charge in [-0.3, -0.25) is 9.78 Å². The molecule has 2 aliphatic rings. The van der Waals surface area contributed by atoms with Crippen molar-refractivity contribution in [3.63, 3.8) is 0 Å². The summed E-state index contributed by atoms with van der Waals surface area (Å²) in [7, 11) is 0. The molecule has 0 bridgehead atoms. The molecule has 1 aliphatic carbocycles. The Balaban J connectivity index is 1.47. The molecule has 1 amide bonds. The molecule has 1 aromatic carbocycles. The molecule has 2 aromatic rings. The van der Waals surface area contributed by atoms with E-state index in [0.29, 0.717) is 11.9 Å². The number of aryl methyl sites for hydroxylation is 1. The van der Waals surface area contributed by atoms with E-state index in [1.807, 2.05) is 12.3 Å². The summed E-state index contributed by atoms with van der Waals surface area (Å²) in [6.45, 7) is 3.80. The topological polar surface area (TPSA) is 45.2 Å². The average molecular weight is 323 g/mol. The molecule has 1 unspecified atom stereocenters. The van der Waals surface area contributed by atoms with Crippen LogP contribution < -0.4 is 5.32 Å². The summed E-state index contributed by atoms with van der Waals surface area (Å²) >= 11 is 0. The molecule has 1 saturated heterocycles. The number of hydrogen-bond acceptors (Lipinski definition) is 3. The highest BCUT2D eigenvalue weighted by atomic mass is 16.2. The molecule has 4 rings (SSSR count). The fraction of sp³-hybridized carbons (Fsp3) is 0.500. The van der Waals surface area contributed by atoms with Gasteiger partial charge in [-0.2, -0.15) is 0 Å². The highest BCUT2D eigenvalue weighted by Gasteiger charge is 2.32. The van der Waals surface area contributed by atoms with Crippen LogP contribution >= 0.6 is 0 Å². The van der Waals surface area contributed by atoms with Gasteiger partial charge >= 0.3 is 0 Å². The summed E-state index contributed by atoms with van der Waals surface area (Å²) in [6.07, 6.45) is 7.49. The summed E-state index contributed by atoms with van der Waals surface area (Å²) in [5, 5.41) is 4.82. The van der Waals surface area contributed by atoms with E-state index in [-0.39, 0.29) is 5.92 Å². The Morgan fingerprint density at radius 3 is 2.88 bits per heavy atom. The third-order valence-corrected chi connectivity index (χ3v) is 5.54. The summed E-state index contributed by atoms with van der Waals surface area (Å²) < 4.78 is 0. The molecule has 1 aliphatic heterocycles. The van der Waals surface area contributed by atoms with Gasteiger partial charge in [-0.1, -0.05) is 31.0 Å². The molecule has 0 spiro atoms. The molecule has 2 fully saturated rings. The SMILES string of the molecule is Cc1cccc2c(NC3CCN(C(=O)C4CCCC4)C3)ccnc12. The Kier molecular flexibility index (Phi) is 4.13. The van der Waals surface area contributed by atoms with Gasteiger partial charge in [0, 0.05) is 42.3 Å². The molecule has 1 aromatic heterocycles. The number of fused-ring (bicyclic) bond motifs is 1. The van der Waals surface area contributed by atoms with E-state index in [1.54, 1.807) is 0 Å². The van der Waals surface area contributed by atoms with Crippen LogP contribution in [0.25, 0.3) is 10.9 Å². The Labute approximate surface area is 143 Å². The van der Waals surface area contributed by atoms with Crippen molar-refractivity contribution in [2.75, 3.05) is 18.4 Å². The van der Waals surface area contributed by atoms with E-state index in [0.717, 1.165) is 48.9 Å². The van der Waals surface area contributed by atoms with Crippen LogP contribution in [0, 0.1) is 12.8 Å². The average Bonchev–Trinajstić information content (AvgIpc) is 3.27. The van der Waals surface area contributed by atoms with Crippen LogP contribution in [0.1, 0.15) is 37.7 Å². The number of pyridine rings is 1. The molecule has 126 valence electrons. The number of carbonyl (C=O) groups excluding carboxylic acids is 1. The highest BCUT2D eigenvalue weighted by Crippen LogP contribution is 2.29. The largest absolute Gasteiger partial charge is 0.380 e.